The molecule has 0 heterocycles. The molecule has 2 rings (SSSR count). The van der Waals surface area contributed by atoms with Gasteiger partial charge in [0, 0.05) is 31.4 Å². The number of benzene rings is 2. The van der Waals surface area contributed by atoms with Gasteiger partial charge in [-0.2, -0.15) is 0 Å². The first-order valence-electron chi connectivity index (χ1n) is 8.08. The second-order valence-corrected chi connectivity index (χ2v) is 5.90. The summed E-state index contributed by atoms with van der Waals surface area (Å²) in [6.45, 7) is 2.44. The predicted octanol–water partition coefficient (Wildman–Crippen LogP) is 4.19. The van der Waals surface area contributed by atoms with E-state index in [4.69, 9.17) is 25.8 Å². The molecule has 2 aromatic carbocycles. The van der Waals surface area contributed by atoms with E-state index in [0.717, 1.165) is 25.1 Å². The van der Waals surface area contributed by atoms with Crippen molar-refractivity contribution >= 4 is 11.6 Å². The Morgan fingerprint density at radius 1 is 1.12 bits per heavy atom. The Hall–Kier alpha value is -1.82. The average Bonchev–Trinajstić information content (AvgIpc) is 2.61. The van der Waals surface area contributed by atoms with Crippen LogP contribution in [0.2, 0.25) is 5.02 Å². The summed E-state index contributed by atoms with van der Waals surface area (Å²) in [4.78, 5) is 0. The summed E-state index contributed by atoms with van der Waals surface area (Å²) < 4.78 is 29.5. The molecule has 136 valence electrons. The number of para-hydroxylation sites is 1. The molecule has 0 saturated heterocycles. The highest BCUT2D eigenvalue weighted by Crippen LogP contribution is 2.32. The molecule has 0 spiro atoms. The fraction of sp³-hybridized carbons (Fsp3) is 0.368. The van der Waals surface area contributed by atoms with E-state index in [1.807, 2.05) is 18.2 Å². The Balaban J connectivity index is 2.06. The third kappa shape index (κ3) is 5.88. The van der Waals surface area contributed by atoms with Gasteiger partial charge in [0.1, 0.15) is 12.4 Å². The molecule has 0 aliphatic rings. The van der Waals surface area contributed by atoms with Crippen molar-refractivity contribution in [3.05, 3.63) is 58.4 Å². The Labute approximate surface area is 152 Å². The monoisotopic (exact) mass is 367 g/mol. The lowest BCUT2D eigenvalue weighted by atomic mass is 10.1. The molecule has 1 N–H and O–H groups in total. The normalized spacial score (nSPS) is 10.7. The lowest BCUT2D eigenvalue weighted by Gasteiger charge is -2.16. The summed E-state index contributed by atoms with van der Waals surface area (Å²) in [5.41, 5.74) is 1.70. The third-order valence-corrected chi connectivity index (χ3v) is 4.04. The maximum absolute atomic E-state index is 13.2. The van der Waals surface area contributed by atoms with Gasteiger partial charge in [0.2, 0.25) is 0 Å². The summed E-state index contributed by atoms with van der Waals surface area (Å²) in [7, 11) is 3.29. The number of hydrogen-bond acceptors (Lipinski definition) is 4. The number of rotatable bonds is 10. The first kappa shape index (κ1) is 19.5. The molecule has 0 aliphatic carbocycles. The van der Waals surface area contributed by atoms with Gasteiger partial charge in [0.15, 0.2) is 11.5 Å². The highest BCUT2D eigenvalue weighted by Gasteiger charge is 2.12. The molecule has 0 fully saturated rings. The Morgan fingerprint density at radius 3 is 2.68 bits per heavy atom. The van der Waals surface area contributed by atoms with Crippen molar-refractivity contribution < 1.29 is 18.6 Å². The summed E-state index contributed by atoms with van der Waals surface area (Å²) in [6.07, 6.45) is 0.932. The molecule has 6 heteroatoms. The van der Waals surface area contributed by atoms with Gasteiger partial charge in [-0.3, -0.25) is 0 Å². The summed E-state index contributed by atoms with van der Waals surface area (Å²) in [5, 5.41) is 3.70. The molecule has 0 bridgehead atoms. The van der Waals surface area contributed by atoms with E-state index in [9.17, 15) is 4.39 Å². The van der Waals surface area contributed by atoms with Crippen LogP contribution in [0.15, 0.2) is 36.4 Å². The molecule has 25 heavy (non-hydrogen) atoms. The van der Waals surface area contributed by atoms with E-state index in [2.05, 4.69) is 5.32 Å². The van der Waals surface area contributed by atoms with Crippen molar-refractivity contribution in [3.63, 3.8) is 0 Å². The van der Waals surface area contributed by atoms with Gasteiger partial charge in [-0.15, -0.1) is 0 Å². The minimum Gasteiger partial charge on any atom is -0.493 e. The molecule has 0 aromatic heterocycles. The van der Waals surface area contributed by atoms with Crippen molar-refractivity contribution in [2.75, 3.05) is 27.4 Å². The van der Waals surface area contributed by atoms with E-state index in [0.29, 0.717) is 28.6 Å². The van der Waals surface area contributed by atoms with Crippen molar-refractivity contribution in [3.8, 4) is 11.5 Å². The minimum atomic E-state index is -0.369. The molecule has 0 aliphatic heterocycles. The maximum atomic E-state index is 13.2. The predicted molar refractivity (Wildman–Crippen MR) is 96.9 cm³/mol. The summed E-state index contributed by atoms with van der Waals surface area (Å²) in [6, 6.07) is 10.0. The fourth-order valence-electron chi connectivity index (χ4n) is 2.38. The Kier molecular flexibility index (Phi) is 7.98. The van der Waals surface area contributed by atoms with E-state index in [-0.39, 0.29) is 12.4 Å². The Bertz CT molecular complexity index is 682. The zero-order valence-corrected chi connectivity index (χ0v) is 15.2. The van der Waals surface area contributed by atoms with Crippen molar-refractivity contribution in [1.29, 1.82) is 0 Å². The molecule has 0 saturated carbocycles. The van der Waals surface area contributed by atoms with Crippen LogP contribution in [0.3, 0.4) is 0 Å². The molecule has 2 aromatic rings. The van der Waals surface area contributed by atoms with Crippen molar-refractivity contribution in [2.45, 2.75) is 19.6 Å². The molecular weight excluding hydrogens is 345 g/mol. The van der Waals surface area contributed by atoms with Gasteiger partial charge in [-0.05, 0) is 31.2 Å². The second-order valence-electron chi connectivity index (χ2n) is 5.50. The third-order valence-electron chi connectivity index (χ3n) is 3.68. The second kappa shape index (κ2) is 10.2. The highest BCUT2D eigenvalue weighted by molar-refractivity contribution is 6.31. The molecule has 0 radical (unpaired) electrons. The van der Waals surface area contributed by atoms with E-state index < -0.39 is 0 Å². The quantitative estimate of drug-likeness (QED) is 0.639. The summed E-state index contributed by atoms with van der Waals surface area (Å²) in [5.74, 6) is 0.936. The lowest BCUT2D eigenvalue weighted by Crippen LogP contribution is -2.17. The number of halogens is 2. The van der Waals surface area contributed by atoms with Crippen LogP contribution in [-0.4, -0.2) is 27.4 Å². The van der Waals surface area contributed by atoms with E-state index >= 15 is 0 Å². The standard InChI is InChI=1S/C19H23ClFNO3/c1-23-10-4-9-22-12-14-5-3-6-18(24-2)19(14)25-13-15-7-8-16(21)11-17(15)20/h3,5-8,11,22H,4,9-10,12-13H2,1-2H3. The molecule has 4 nitrogen and oxygen atoms in total. The van der Waals surface area contributed by atoms with E-state index in [1.54, 1.807) is 20.3 Å². The lowest BCUT2D eigenvalue weighted by molar-refractivity contribution is 0.194. The zero-order chi connectivity index (χ0) is 18.1. The molecule has 0 amide bonds. The zero-order valence-electron chi connectivity index (χ0n) is 14.5. The van der Waals surface area contributed by atoms with Gasteiger partial charge >= 0.3 is 0 Å². The molecule has 0 atom stereocenters. The van der Waals surface area contributed by atoms with Crippen LogP contribution >= 0.6 is 11.6 Å². The van der Waals surface area contributed by atoms with E-state index in [1.165, 1.54) is 12.1 Å². The fourth-order valence-corrected chi connectivity index (χ4v) is 2.60. The SMILES string of the molecule is COCCCNCc1cccc(OC)c1OCc1ccc(F)cc1Cl. The topological polar surface area (TPSA) is 39.7 Å². The van der Waals surface area contributed by atoms with Crippen molar-refractivity contribution in [1.82, 2.24) is 5.32 Å². The van der Waals surface area contributed by atoms with Crippen LogP contribution in [0.25, 0.3) is 0 Å². The van der Waals surface area contributed by atoms with Crippen LogP contribution in [0.5, 0.6) is 11.5 Å². The number of methoxy groups -OCH3 is 2. The van der Waals surface area contributed by atoms with Crippen LogP contribution in [-0.2, 0) is 17.9 Å². The van der Waals surface area contributed by atoms with Gasteiger partial charge < -0.3 is 19.5 Å². The van der Waals surface area contributed by atoms with Gasteiger partial charge in [-0.1, -0.05) is 29.8 Å². The smallest absolute Gasteiger partial charge is 0.166 e. The first-order chi connectivity index (χ1) is 12.2. The number of nitrogens with one attached hydrogen (secondary N) is 1. The highest BCUT2D eigenvalue weighted by atomic mass is 35.5. The number of hydrogen-bond donors (Lipinski definition) is 1. The van der Waals surface area contributed by atoms with Crippen molar-refractivity contribution in [2.24, 2.45) is 0 Å². The van der Waals surface area contributed by atoms with Crippen LogP contribution in [0.4, 0.5) is 4.39 Å². The van der Waals surface area contributed by atoms with Gasteiger partial charge in [0.25, 0.3) is 0 Å². The van der Waals surface area contributed by atoms with Crippen LogP contribution < -0.4 is 14.8 Å². The van der Waals surface area contributed by atoms with Crippen LogP contribution in [0, 0.1) is 5.82 Å². The molecule has 0 unspecified atom stereocenters. The Morgan fingerprint density at radius 2 is 1.96 bits per heavy atom. The minimum absolute atomic E-state index is 0.232. The first-order valence-corrected chi connectivity index (χ1v) is 8.45. The van der Waals surface area contributed by atoms with Gasteiger partial charge in [0.05, 0.1) is 12.1 Å². The molecular formula is C19H23ClFNO3. The maximum Gasteiger partial charge on any atom is 0.166 e. The summed E-state index contributed by atoms with van der Waals surface area (Å²) >= 11 is 6.07. The van der Waals surface area contributed by atoms with Crippen LogP contribution in [0.1, 0.15) is 17.5 Å². The largest absolute Gasteiger partial charge is 0.493 e. The van der Waals surface area contributed by atoms with Gasteiger partial charge in [-0.25, -0.2) is 4.39 Å². The average molecular weight is 368 g/mol. The number of ether oxygens (including phenoxy) is 3.